The molecule has 0 bridgehead atoms. The lowest BCUT2D eigenvalue weighted by Crippen LogP contribution is -2.49. The third-order valence-corrected chi connectivity index (χ3v) is 6.87. The number of ether oxygens (including phenoxy) is 1. The van der Waals surface area contributed by atoms with E-state index >= 15 is 0 Å². The van der Waals surface area contributed by atoms with E-state index in [2.05, 4.69) is 10.2 Å². The van der Waals surface area contributed by atoms with E-state index < -0.39 is 0 Å². The molecule has 5 rings (SSSR count). The molecule has 0 aromatic heterocycles. The lowest BCUT2D eigenvalue weighted by molar-refractivity contribution is -0.0581. The van der Waals surface area contributed by atoms with Gasteiger partial charge >= 0.3 is 0 Å². The normalized spacial score (nSPS) is 32.4. The molecule has 3 aliphatic heterocycles. The number of nitrogens with zero attached hydrogens (tertiary/aromatic N) is 2. The van der Waals surface area contributed by atoms with Crippen molar-refractivity contribution in [1.29, 1.82) is 0 Å². The van der Waals surface area contributed by atoms with E-state index in [9.17, 15) is 4.79 Å². The Balaban J connectivity index is 1.09. The fourth-order valence-corrected chi connectivity index (χ4v) is 5.12. The summed E-state index contributed by atoms with van der Waals surface area (Å²) in [6.07, 6.45) is 6.55. The van der Waals surface area contributed by atoms with Crippen molar-refractivity contribution in [1.82, 2.24) is 15.1 Å². The van der Waals surface area contributed by atoms with E-state index in [4.69, 9.17) is 4.74 Å². The molecule has 0 spiro atoms. The van der Waals surface area contributed by atoms with Crippen LogP contribution >= 0.6 is 0 Å². The minimum absolute atomic E-state index is 0.176. The van der Waals surface area contributed by atoms with E-state index in [0.717, 1.165) is 50.6 Å². The summed E-state index contributed by atoms with van der Waals surface area (Å²) in [5, 5.41) is 3.90. The second-order valence-corrected chi connectivity index (χ2v) is 8.85. The molecular formula is C22H31N3O2. The summed E-state index contributed by atoms with van der Waals surface area (Å²) in [4.78, 5) is 17.3. The number of rotatable bonds is 4. The number of hydrogen-bond donors (Lipinski definition) is 1. The molecule has 1 aromatic carbocycles. The molecule has 27 heavy (non-hydrogen) atoms. The van der Waals surface area contributed by atoms with Crippen molar-refractivity contribution in [3.05, 3.63) is 35.9 Å². The van der Waals surface area contributed by atoms with Crippen LogP contribution in [0.5, 0.6) is 0 Å². The van der Waals surface area contributed by atoms with Crippen molar-refractivity contribution >= 4 is 5.91 Å². The van der Waals surface area contributed by atoms with Gasteiger partial charge in [0.25, 0.3) is 5.91 Å². The molecule has 0 unspecified atom stereocenters. The molecule has 146 valence electrons. The molecule has 3 atom stereocenters. The molecule has 3 heterocycles. The Bertz CT molecular complexity index is 655. The van der Waals surface area contributed by atoms with Crippen molar-refractivity contribution < 1.29 is 9.53 Å². The van der Waals surface area contributed by atoms with Gasteiger partial charge in [-0.2, -0.15) is 0 Å². The van der Waals surface area contributed by atoms with Gasteiger partial charge in [0.05, 0.1) is 12.7 Å². The van der Waals surface area contributed by atoms with Crippen LogP contribution in [0.25, 0.3) is 0 Å². The van der Waals surface area contributed by atoms with Crippen LogP contribution in [0.2, 0.25) is 0 Å². The van der Waals surface area contributed by atoms with Gasteiger partial charge in [-0.1, -0.05) is 18.2 Å². The average Bonchev–Trinajstić information content (AvgIpc) is 3.49. The largest absolute Gasteiger partial charge is 0.375 e. The van der Waals surface area contributed by atoms with Crippen molar-refractivity contribution in [3.8, 4) is 0 Å². The van der Waals surface area contributed by atoms with Crippen LogP contribution < -0.4 is 5.32 Å². The standard InChI is InChI=1S/C22H31N3O2/c26-22(17-4-2-1-3-5-17)24-10-8-18(9-11-24)23-19-12-20-15-27-21(16-6-7-16)14-25(20)13-19/h1-5,16,18-21,23H,6-15H2/t19-,20-,21+/m0/s1. The minimum Gasteiger partial charge on any atom is -0.375 e. The Morgan fingerprint density at radius 3 is 2.52 bits per heavy atom. The summed E-state index contributed by atoms with van der Waals surface area (Å²) in [6, 6.07) is 11.4. The molecule has 1 saturated carbocycles. The first-order valence-electron chi connectivity index (χ1n) is 10.7. The average molecular weight is 370 g/mol. The first kappa shape index (κ1) is 17.7. The third-order valence-electron chi connectivity index (χ3n) is 6.87. The zero-order valence-electron chi connectivity index (χ0n) is 16.1. The summed E-state index contributed by atoms with van der Waals surface area (Å²) in [5.74, 6) is 1.01. The molecule has 5 nitrogen and oxygen atoms in total. The molecule has 1 aliphatic carbocycles. The zero-order valence-corrected chi connectivity index (χ0v) is 16.1. The highest BCUT2D eigenvalue weighted by atomic mass is 16.5. The van der Waals surface area contributed by atoms with Crippen molar-refractivity contribution in [2.75, 3.05) is 32.8 Å². The van der Waals surface area contributed by atoms with Gasteiger partial charge < -0.3 is 15.0 Å². The summed E-state index contributed by atoms with van der Waals surface area (Å²) < 4.78 is 6.12. The van der Waals surface area contributed by atoms with E-state index in [-0.39, 0.29) is 5.91 Å². The number of carbonyl (C=O) groups is 1. The number of nitrogens with one attached hydrogen (secondary N) is 1. The quantitative estimate of drug-likeness (QED) is 0.883. The van der Waals surface area contributed by atoms with Gasteiger partial charge in [-0.25, -0.2) is 0 Å². The molecule has 3 saturated heterocycles. The Hall–Kier alpha value is -1.43. The Morgan fingerprint density at radius 2 is 1.78 bits per heavy atom. The third kappa shape index (κ3) is 3.91. The molecule has 1 N–H and O–H groups in total. The first-order valence-corrected chi connectivity index (χ1v) is 10.7. The second kappa shape index (κ2) is 7.53. The summed E-state index contributed by atoms with van der Waals surface area (Å²) >= 11 is 0. The summed E-state index contributed by atoms with van der Waals surface area (Å²) in [6.45, 7) is 4.94. The molecule has 4 aliphatic rings. The predicted octanol–water partition coefficient (Wildman–Crippen LogP) is 2.13. The van der Waals surface area contributed by atoms with Crippen LogP contribution in [0.3, 0.4) is 0 Å². The van der Waals surface area contributed by atoms with Crippen LogP contribution in [0.15, 0.2) is 30.3 Å². The number of fused-ring (bicyclic) bond motifs is 1. The highest BCUT2D eigenvalue weighted by Gasteiger charge is 2.42. The van der Waals surface area contributed by atoms with Crippen LogP contribution in [0.1, 0.15) is 42.5 Å². The smallest absolute Gasteiger partial charge is 0.253 e. The number of piperidine rings is 1. The van der Waals surface area contributed by atoms with Crippen molar-refractivity contribution in [2.24, 2.45) is 5.92 Å². The van der Waals surface area contributed by atoms with E-state index in [0.29, 0.717) is 24.2 Å². The van der Waals surface area contributed by atoms with Gasteiger partial charge in [-0.05, 0) is 50.2 Å². The highest BCUT2D eigenvalue weighted by molar-refractivity contribution is 5.94. The molecule has 4 fully saturated rings. The maximum Gasteiger partial charge on any atom is 0.253 e. The minimum atomic E-state index is 0.176. The van der Waals surface area contributed by atoms with Gasteiger partial charge in [0.15, 0.2) is 0 Å². The fraction of sp³-hybridized carbons (Fsp3) is 0.682. The van der Waals surface area contributed by atoms with E-state index in [1.165, 1.54) is 25.8 Å². The lowest BCUT2D eigenvalue weighted by Gasteiger charge is -2.35. The Labute approximate surface area is 162 Å². The van der Waals surface area contributed by atoms with Gasteiger partial charge in [-0.3, -0.25) is 9.69 Å². The molecule has 5 heteroatoms. The topological polar surface area (TPSA) is 44.8 Å². The van der Waals surface area contributed by atoms with E-state index in [1.807, 2.05) is 35.2 Å². The van der Waals surface area contributed by atoms with Gasteiger partial charge in [0.2, 0.25) is 0 Å². The fourth-order valence-electron chi connectivity index (χ4n) is 5.12. The van der Waals surface area contributed by atoms with Crippen LogP contribution in [0, 0.1) is 5.92 Å². The summed E-state index contributed by atoms with van der Waals surface area (Å²) in [5.41, 5.74) is 0.807. The Morgan fingerprint density at radius 1 is 1.00 bits per heavy atom. The monoisotopic (exact) mass is 369 g/mol. The number of hydrogen-bond acceptors (Lipinski definition) is 4. The van der Waals surface area contributed by atoms with Crippen molar-refractivity contribution in [3.63, 3.8) is 0 Å². The van der Waals surface area contributed by atoms with Gasteiger partial charge in [0, 0.05) is 49.9 Å². The van der Waals surface area contributed by atoms with Crippen LogP contribution in [-0.4, -0.2) is 72.7 Å². The maximum absolute atomic E-state index is 12.6. The molecule has 1 amide bonds. The van der Waals surface area contributed by atoms with Crippen LogP contribution in [-0.2, 0) is 4.74 Å². The van der Waals surface area contributed by atoms with Gasteiger partial charge in [-0.15, -0.1) is 0 Å². The number of amides is 1. The van der Waals surface area contributed by atoms with Crippen molar-refractivity contribution in [2.45, 2.75) is 56.3 Å². The van der Waals surface area contributed by atoms with Crippen LogP contribution in [0.4, 0.5) is 0 Å². The highest BCUT2D eigenvalue weighted by Crippen LogP contribution is 2.38. The second-order valence-electron chi connectivity index (χ2n) is 8.85. The zero-order chi connectivity index (χ0) is 18.2. The summed E-state index contributed by atoms with van der Waals surface area (Å²) in [7, 11) is 0. The van der Waals surface area contributed by atoms with Gasteiger partial charge in [0.1, 0.15) is 0 Å². The maximum atomic E-state index is 12.6. The SMILES string of the molecule is O=C(c1ccccc1)N1CCC(N[C@H]2C[C@H]3CO[C@@H](C4CC4)CN3C2)CC1. The number of likely N-dealkylation sites (tertiary alicyclic amines) is 1. The number of carbonyl (C=O) groups excluding carboxylic acids is 1. The molecule has 0 radical (unpaired) electrons. The number of benzene rings is 1. The molecule has 1 aromatic rings. The lowest BCUT2D eigenvalue weighted by atomic mass is 10.0. The predicted molar refractivity (Wildman–Crippen MR) is 105 cm³/mol. The Kier molecular flexibility index (Phi) is 4.92. The first-order chi connectivity index (χ1) is 13.3. The van der Waals surface area contributed by atoms with E-state index in [1.54, 1.807) is 0 Å². The number of morpholine rings is 1. The molecular weight excluding hydrogens is 338 g/mol.